The zero-order chi connectivity index (χ0) is 12.8. The Morgan fingerprint density at radius 1 is 1.44 bits per heavy atom. The average molecular weight is 241 g/mol. The van der Waals surface area contributed by atoms with Crippen LogP contribution in [0.1, 0.15) is 17.3 Å². The third-order valence-electron chi connectivity index (χ3n) is 2.42. The van der Waals surface area contributed by atoms with Crippen LogP contribution >= 0.6 is 0 Å². The van der Waals surface area contributed by atoms with E-state index in [4.69, 9.17) is 5.26 Å². The summed E-state index contributed by atoms with van der Waals surface area (Å²) >= 11 is 0. The number of H-pyrrole nitrogens is 1. The highest BCUT2D eigenvalue weighted by molar-refractivity contribution is 5.86. The molecule has 1 amide bonds. The van der Waals surface area contributed by atoms with Crippen LogP contribution in [0.25, 0.3) is 0 Å². The second-order valence-electron chi connectivity index (χ2n) is 3.62. The van der Waals surface area contributed by atoms with Crippen LogP contribution in [0.4, 0.5) is 0 Å². The molecule has 2 rings (SSSR count). The Hall–Kier alpha value is -2.68. The Balaban J connectivity index is 2.01. The lowest BCUT2D eigenvalue weighted by Crippen LogP contribution is -2.28. The molecular weight excluding hydrogens is 230 g/mol. The van der Waals surface area contributed by atoms with Crippen molar-refractivity contribution >= 4 is 5.91 Å². The maximum atomic E-state index is 11.9. The quantitative estimate of drug-likeness (QED) is 0.824. The van der Waals surface area contributed by atoms with E-state index in [2.05, 4.69) is 20.5 Å². The summed E-state index contributed by atoms with van der Waals surface area (Å²) < 4.78 is 0. The Morgan fingerprint density at radius 2 is 2.22 bits per heavy atom. The van der Waals surface area contributed by atoms with Gasteiger partial charge in [-0.05, 0) is 5.56 Å². The lowest BCUT2D eigenvalue weighted by Gasteiger charge is -2.09. The van der Waals surface area contributed by atoms with Crippen LogP contribution in [-0.2, 0) is 11.3 Å². The van der Waals surface area contributed by atoms with Crippen LogP contribution < -0.4 is 5.32 Å². The normalized spacial score (nSPS) is 11.5. The predicted molar refractivity (Wildman–Crippen MR) is 63.0 cm³/mol. The van der Waals surface area contributed by atoms with Crippen LogP contribution in [0.3, 0.4) is 0 Å². The molecule has 0 aliphatic carbocycles. The van der Waals surface area contributed by atoms with Gasteiger partial charge in [0.25, 0.3) is 0 Å². The van der Waals surface area contributed by atoms with Crippen LogP contribution in [0.15, 0.2) is 36.7 Å². The average Bonchev–Trinajstić information content (AvgIpc) is 2.92. The number of aromatic nitrogens is 3. The molecule has 1 aromatic heterocycles. The van der Waals surface area contributed by atoms with Crippen molar-refractivity contribution in [2.75, 3.05) is 0 Å². The molecule has 0 saturated carbocycles. The first-order chi connectivity index (χ1) is 8.81. The third kappa shape index (κ3) is 2.71. The highest BCUT2D eigenvalue weighted by Gasteiger charge is 2.19. The Morgan fingerprint density at radius 3 is 2.83 bits per heavy atom. The van der Waals surface area contributed by atoms with Crippen LogP contribution in [-0.4, -0.2) is 21.1 Å². The van der Waals surface area contributed by atoms with Crippen molar-refractivity contribution < 1.29 is 4.79 Å². The molecule has 1 unspecified atom stereocenters. The monoisotopic (exact) mass is 241 g/mol. The molecule has 90 valence electrons. The van der Waals surface area contributed by atoms with E-state index in [1.807, 2.05) is 12.1 Å². The van der Waals surface area contributed by atoms with Crippen molar-refractivity contribution in [1.82, 2.24) is 20.5 Å². The molecule has 1 heterocycles. The molecule has 2 aromatic rings. The predicted octanol–water partition coefficient (Wildman–Crippen LogP) is 0.728. The van der Waals surface area contributed by atoms with Crippen molar-refractivity contribution in [3.05, 3.63) is 48.0 Å². The maximum absolute atomic E-state index is 11.9. The second kappa shape index (κ2) is 5.59. The van der Waals surface area contributed by atoms with Gasteiger partial charge in [0.2, 0.25) is 5.91 Å². The van der Waals surface area contributed by atoms with Crippen molar-refractivity contribution in [3.63, 3.8) is 0 Å². The molecule has 18 heavy (non-hydrogen) atoms. The highest BCUT2D eigenvalue weighted by atomic mass is 16.1. The third-order valence-corrected chi connectivity index (χ3v) is 2.42. The number of nitrogens with zero attached hydrogens (tertiary/aromatic N) is 3. The van der Waals surface area contributed by atoms with Crippen LogP contribution in [0.5, 0.6) is 0 Å². The summed E-state index contributed by atoms with van der Waals surface area (Å²) in [5.41, 5.74) is 0.676. The standard InChI is InChI=1S/C12H11N5O/c13-6-10(9-4-2-1-3-5-9)12(18)14-7-11-15-8-16-17-11/h1-5,8,10H,7H2,(H,14,18)(H,15,16,17). The van der Waals surface area contributed by atoms with Gasteiger partial charge in [0.1, 0.15) is 18.1 Å². The number of hydrogen-bond donors (Lipinski definition) is 2. The molecule has 0 fully saturated rings. The molecule has 0 aliphatic rings. The van der Waals surface area contributed by atoms with Gasteiger partial charge in [-0.25, -0.2) is 4.98 Å². The van der Waals surface area contributed by atoms with Gasteiger partial charge in [-0.3, -0.25) is 9.89 Å². The molecular formula is C12H11N5O. The highest BCUT2D eigenvalue weighted by Crippen LogP contribution is 2.14. The number of rotatable bonds is 4. The molecule has 0 bridgehead atoms. The molecule has 2 N–H and O–H groups in total. The fourth-order valence-corrected chi connectivity index (χ4v) is 1.52. The van der Waals surface area contributed by atoms with Crippen molar-refractivity contribution in [1.29, 1.82) is 5.26 Å². The zero-order valence-corrected chi connectivity index (χ0v) is 9.50. The van der Waals surface area contributed by atoms with E-state index in [0.717, 1.165) is 0 Å². The van der Waals surface area contributed by atoms with Gasteiger partial charge >= 0.3 is 0 Å². The molecule has 0 saturated heterocycles. The van der Waals surface area contributed by atoms with E-state index in [1.54, 1.807) is 24.3 Å². The van der Waals surface area contributed by atoms with Crippen LogP contribution in [0.2, 0.25) is 0 Å². The van der Waals surface area contributed by atoms with Gasteiger partial charge in [0, 0.05) is 0 Å². The van der Waals surface area contributed by atoms with Gasteiger partial charge in [-0.1, -0.05) is 30.3 Å². The summed E-state index contributed by atoms with van der Waals surface area (Å²) in [6.07, 6.45) is 1.36. The lowest BCUT2D eigenvalue weighted by molar-refractivity contribution is -0.121. The van der Waals surface area contributed by atoms with Crippen molar-refractivity contribution in [3.8, 4) is 6.07 Å². The second-order valence-corrected chi connectivity index (χ2v) is 3.62. The molecule has 1 aromatic carbocycles. The number of carbonyl (C=O) groups is 1. The summed E-state index contributed by atoms with van der Waals surface area (Å²) in [6.45, 7) is 0.226. The minimum absolute atomic E-state index is 0.226. The van der Waals surface area contributed by atoms with Gasteiger partial charge < -0.3 is 5.32 Å². The van der Waals surface area contributed by atoms with Gasteiger partial charge in [-0.15, -0.1) is 0 Å². The van der Waals surface area contributed by atoms with E-state index in [1.165, 1.54) is 6.33 Å². The molecule has 6 nitrogen and oxygen atoms in total. The van der Waals surface area contributed by atoms with E-state index < -0.39 is 5.92 Å². The first-order valence-corrected chi connectivity index (χ1v) is 5.38. The maximum Gasteiger partial charge on any atom is 0.242 e. The smallest absolute Gasteiger partial charge is 0.242 e. The summed E-state index contributed by atoms with van der Waals surface area (Å²) in [7, 11) is 0. The minimum atomic E-state index is -0.811. The van der Waals surface area contributed by atoms with E-state index in [9.17, 15) is 4.79 Å². The summed E-state index contributed by atoms with van der Waals surface area (Å²) in [5.74, 6) is -0.609. The number of nitriles is 1. The summed E-state index contributed by atoms with van der Waals surface area (Å²) in [6, 6.07) is 10.9. The molecule has 0 spiro atoms. The van der Waals surface area contributed by atoms with E-state index in [-0.39, 0.29) is 12.5 Å². The Bertz CT molecular complexity index is 544. The molecule has 1 atom stereocenters. The number of hydrogen-bond acceptors (Lipinski definition) is 4. The fourth-order valence-electron chi connectivity index (χ4n) is 1.52. The lowest BCUT2D eigenvalue weighted by atomic mass is 10.00. The topological polar surface area (TPSA) is 94.5 Å². The molecule has 0 aliphatic heterocycles. The number of aromatic amines is 1. The SMILES string of the molecule is N#CC(C(=O)NCc1ncn[nH]1)c1ccccc1. The number of carbonyl (C=O) groups excluding carboxylic acids is 1. The largest absolute Gasteiger partial charge is 0.347 e. The first kappa shape index (κ1) is 11.8. The van der Waals surface area contributed by atoms with Crippen LogP contribution in [0, 0.1) is 11.3 Å². The van der Waals surface area contributed by atoms with Crippen molar-refractivity contribution in [2.45, 2.75) is 12.5 Å². The van der Waals surface area contributed by atoms with Gasteiger partial charge in [0.15, 0.2) is 0 Å². The van der Waals surface area contributed by atoms with E-state index >= 15 is 0 Å². The van der Waals surface area contributed by atoms with Crippen molar-refractivity contribution in [2.24, 2.45) is 0 Å². The van der Waals surface area contributed by atoms with E-state index in [0.29, 0.717) is 11.4 Å². The molecule has 0 radical (unpaired) electrons. The minimum Gasteiger partial charge on any atom is -0.347 e. The van der Waals surface area contributed by atoms with Gasteiger partial charge in [0.05, 0.1) is 12.6 Å². The number of nitrogens with one attached hydrogen (secondary N) is 2. The Labute approximate surface area is 104 Å². The first-order valence-electron chi connectivity index (χ1n) is 5.38. The van der Waals surface area contributed by atoms with Gasteiger partial charge in [-0.2, -0.15) is 10.4 Å². The number of amides is 1. The number of benzene rings is 1. The molecule has 6 heteroatoms. The fraction of sp³-hybridized carbons (Fsp3) is 0.167. The summed E-state index contributed by atoms with van der Waals surface area (Å²) in [4.78, 5) is 15.8. The summed E-state index contributed by atoms with van der Waals surface area (Å²) in [5, 5.41) is 18.0. The zero-order valence-electron chi connectivity index (χ0n) is 9.50. The Kier molecular flexibility index (Phi) is 3.66.